The molecule has 1 atom stereocenters. The summed E-state index contributed by atoms with van der Waals surface area (Å²) in [6.07, 6.45) is -5.72. The summed E-state index contributed by atoms with van der Waals surface area (Å²) in [5.74, 6) is -1.05. The highest BCUT2D eigenvalue weighted by atomic mass is 19.4. The van der Waals surface area contributed by atoms with Crippen LogP contribution in [0, 0.1) is 5.82 Å². The molecule has 0 spiro atoms. The van der Waals surface area contributed by atoms with E-state index in [9.17, 15) is 22.4 Å². The molecule has 8 heteroatoms. The average molecular weight is 321 g/mol. The molecule has 1 aromatic carbocycles. The summed E-state index contributed by atoms with van der Waals surface area (Å²) < 4.78 is 58.2. The largest absolute Gasteiger partial charge is 0.522 e. The zero-order valence-corrected chi connectivity index (χ0v) is 11.8. The predicted octanol–water partition coefficient (Wildman–Crippen LogP) is 2.65. The maximum atomic E-state index is 13.0. The standard InChI is InChI=1S/C14H15F4NO3/c1-2-21-13(20)12(9-3-5-10(15)6-4-9)19-7-11(8-19)22-14(16,17)18/h3-6,11-12H,2,7-8H2,1H3. The lowest BCUT2D eigenvalue weighted by atomic mass is 10.0. The van der Waals surface area contributed by atoms with Gasteiger partial charge in [0.2, 0.25) is 0 Å². The van der Waals surface area contributed by atoms with Crippen molar-refractivity contribution in [3.63, 3.8) is 0 Å². The summed E-state index contributed by atoms with van der Waals surface area (Å²) in [4.78, 5) is 13.5. The molecule has 0 aromatic heterocycles. The smallest absolute Gasteiger partial charge is 0.465 e. The number of hydrogen-bond acceptors (Lipinski definition) is 4. The number of likely N-dealkylation sites (tertiary alicyclic amines) is 1. The quantitative estimate of drug-likeness (QED) is 0.617. The number of ether oxygens (including phenoxy) is 2. The third-order valence-corrected chi connectivity index (χ3v) is 3.24. The summed E-state index contributed by atoms with van der Waals surface area (Å²) in [6.45, 7) is 1.67. The summed E-state index contributed by atoms with van der Waals surface area (Å²) in [6, 6.07) is 4.33. The molecule has 122 valence electrons. The second kappa shape index (κ2) is 6.62. The summed E-state index contributed by atoms with van der Waals surface area (Å²) in [5.41, 5.74) is 0.463. The van der Waals surface area contributed by atoms with Crippen molar-refractivity contribution in [2.45, 2.75) is 25.4 Å². The first-order valence-corrected chi connectivity index (χ1v) is 6.71. The van der Waals surface area contributed by atoms with Crippen LogP contribution in [0.5, 0.6) is 0 Å². The van der Waals surface area contributed by atoms with E-state index in [0.717, 1.165) is 0 Å². The van der Waals surface area contributed by atoms with Gasteiger partial charge in [0.25, 0.3) is 0 Å². The van der Waals surface area contributed by atoms with Gasteiger partial charge in [0.15, 0.2) is 0 Å². The maximum Gasteiger partial charge on any atom is 0.522 e. The van der Waals surface area contributed by atoms with Crippen molar-refractivity contribution in [3.8, 4) is 0 Å². The van der Waals surface area contributed by atoms with E-state index in [4.69, 9.17) is 4.74 Å². The molecule has 0 bridgehead atoms. The van der Waals surface area contributed by atoms with Gasteiger partial charge in [-0.15, -0.1) is 13.2 Å². The van der Waals surface area contributed by atoms with Crippen LogP contribution in [-0.2, 0) is 14.3 Å². The first kappa shape index (κ1) is 16.7. The van der Waals surface area contributed by atoms with Crippen molar-refractivity contribution in [2.24, 2.45) is 0 Å². The van der Waals surface area contributed by atoms with Crippen molar-refractivity contribution in [2.75, 3.05) is 19.7 Å². The Morgan fingerprint density at radius 3 is 2.41 bits per heavy atom. The fourth-order valence-corrected chi connectivity index (χ4v) is 2.31. The molecule has 1 fully saturated rings. The SMILES string of the molecule is CCOC(=O)C(c1ccc(F)cc1)N1CC(OC(F)(F)F)C1. The number of alkyl halides is 3. The molecular weight excluding hydrogens is 306 g/mol. The second-order valence-corrected chi connectivity index (χ2v) is 4.85. The Morgan fingerprint density at radius 1 is 1.32 bits per heavy atom. The van der Waals surface area contributed by atoms with Crippen LogP contribution < -0.4 is 0 Å². The van der Waals surface area contributed by atoms with Gasteiger partial charge in [-0.25, -0.2) is 9.18 Å². The number of hydrogen-bond donors (Lipinski definition) is 0. The Balaban J connectivity index is 2.07. The Hall–Kier alpha value is -1.67. The van der Waals surface area contributed by atoms with E-state index in [1.807, 2.05) is 0 Å². The Labute approximate surface area is 124 Å². The van der Waals surface area contributed by atoms with Crippen molar-refractivity contribution < 1.29 is 31.8 Å². The normalized spacial score (nSPS) is 17.9. The highest BCUT2D eigenvalue weighted by Gasteiger charge is 2.43. The number of esters is 1. The Bertz CT molecular complexity index is 512. The zero-order valence-electron chi connectivity index (χ0n) is 11.8. The van der Waals surface area contributed by atoms with Crippen LogP contribution in [0.4, 0.5) is 17.6 Å². The summed E-state index contributed by atoms with van der Waals surface area (Å²) >= 11 is 0. The van der Waals surface area contributed by atoms with E-state index in [0.29, 0.717) is 5.56 Å². The Kier molecular flexibility index (Phi) is 5.02. The lowest BCUT2D eigenvalue weighted by Crippen LogP contribution is -2.56. The van der Waals surface area contributed by atoms with Crippen LogP contribution in [0.1, 0.15) is 18.5 Å². The number of carbonyl (C=O) groups is 1. The van der Waals surface area contributed by atoms with E-state index < -0.39 is 30.3 Å². The number of nitrogens with zero attached hydrogens (tertiary/aromatic N) is 1. The van der Waals surface area contributed by atoms with Crippen molar-refractivity contribution in [1.29, 1.82) is 0 Å². The van der Waals surface area contributed by atoms with Gasteiger partial charge < -0.3 is 4.74 Å². The molecule has 1 unspecified atom stereocenters. The monoisotopic (exact) mass is 321 g/mol. The average Bonchev–Trinajstić information content (AvgIpc) is 2.37. The number of carbonyl (C=O) groups excluding carboxylic acids is 1. The van der Waals surface area contributed by atoms with Crippen molar-refractivity contribution >= 4 is 5.97 Å². The fraction of sp³-hybridized carbons (Fsp3) is 0.500. The third kappa shape index (κ3) is 4.17. The van der Waals surface area contributed by atoms with Gasteiger partial charge in [-0.05, 0) is 24.6 Å². The zero-order chi connectivity index (χ0) is 16.3. The van der Waals surface area contributed by atoms with E-state index in [1.54, 1.807) is 6.92 Å². The molecule has 0 saturated carbocycles. The van der Waals surface area contributed by atoms with Crippen LogP contribution in [0.15, 0.2) is 24.3 Å². The van der Waals surface area contributed by atoms with E-state index in [2.05, 4.69) is 4.74 Å². The molecule has 2 rings (SSSR count). The highest BCUT2D eigenvalue weighted by molar-refractivity contribution is 5.77. The molecule has 0 amide bonds. The lowest BCUT2D eigenvalue weighted by molar-refractivity contribution is -0.355. The van der Waals surface area contributed by atoms with Gasteiger partial charge >= 0.3 is 12.3 Å². The van der Waals surface area contributed by atoms with Crippen LogP contribution >= 0.6 is 0 Å². The Morgan fingerprint density at radius 2 is 1.91 bits per heavy atom. The number of halogens is 4. The van der Waals surface area contributed by atoms with Gasteiger partial charge in [-0.3, -0.25) is 9.64 Å². The molecule has 0 N–H and O–H groups in total. The highest BCUT2D eigenvalue weighted by Crippen LogP contribution is 2.31. The minimum atomic E-state index is -4.70. The molecular formula is C14H15F4NO3. The molecule has 1 saturated heterocycles. The predicted molar refractivity (Wildman–Crippen MR) is 68.3 cm³/mol. The van der Waals surface area contributed by atoms with Gasteiger partial charge in [0, 0.05) is 13.1 Å². The minimum Gasteiger partial charge on any atom is -0.465 e. The topological polar surface area (TPSA) is 38.8 Å². The molecule has 1 aliphatic rings. The molecule has 1 aliphatic heterocycles. The van der Waals surface area contributed by atoms with Gasteiger partial charge in [-0.1, -0.05) is 12.1 Å². The van der Waals surface area contributed by atoms with Gasteiger partial charge in [0.05, 0.1) is 12.7 Å². The summed E-state index contributed by atoms with van der Waals surface area (Å²) in [5, 5.41) is 0. The fourth-order valence-electron chi connectivity index (χ4n) is 2.31. The lowest BCUT2D eigenvalue weighted by Gasteiger charge is -2.42. The second-order valence-electron chi connectivity index (χ2n) is 4.85. The first-order chi connectivity index (χ1) is 10.3. The van der Waals surface area contributed by atoms with Crippen molar-refractivity contribution in [3.05, 3.63) is 35.6 Å². The van der Waals surface area contributed by atoms with E-state index in [-0.39, 0.29) is 19.7 Å². The van der Waals surface area contributed by atoms with Crippen LogP contribution in [-0.4, -0.2) is 43.0 Å². The van der Waals surface area contributed by atoms with Gasteiger partial charge in [0.1, 0.15) is 11.9 Å². The van der Waals surface area contributed by atoms with Crippen LogP contribution in [0.2, 0.25) is 0 Å². The molecule has 0 radical (unpaired) electrons. The maximum absolute atomic E-state index is 13.0. The van der Waals surface area contributed by atoms with Crippen LogP contribution in [0.25, 0.3) is 0 Å². The number of rotatable bonds is 5. The third-order valence-electron chi connectivity index (χ3n) is 3.24. The first-order valence-electron chi connectivity index (χ1n) is 6.71. The molecule has 0 aliphatic carbocycles. The van der Waals surface area contributed by atoms with E-state index in [1.165, 1.54) is 29.2 Å². The summed E-state index contributed by atoms with van der Waals surface area (Å²) in [7, 11) is 0. The molecule has 1 heterocycles. The minimum absolute atomic E-state index is 0.0552. The molecule has 22 heavy (non-hydrogen) atoms. The molecule has 4 nitrogen and oxygen atoms in total. The van der Waals surface area contributed by atoms with Crippen LogP contribution in [0.3, 0.4) is 0 Å². The van der Waals surface area contributed by atoms with Crippen molar-refractivity contribution in [1.82, 2.24) is 4.90 Å². The van der Waals surface area contributed by atoms with Gasteiger partial charge in [-0.2, -0.15) is 0 Å². The van der Waals surface area contributed by atoms with E-state index >= 15 is 0 Å². The molecule has 1 aromatic rings. The number of benzene rings is 1.